The van der Waals surface area contributed by atoms with E-state index in [0.29, 0.717) is 6.04 Å². The van der Waals surface area contributed by atoms with Gasteiger partial charge in [-0.05, 0) is 37.8 Å². The fourth-order valence-electron chi connectivity index (χ4n) is 3.35. The minimum absolute atomic E-state index is 0. The lowest BCUT2D eigenvalue weighted by Crippen LogP contribution is -2.53. The van der Waals surface area contributed by atoms with E-state index in [1.807, 2.05) is 12.3 Å². The Morgan fingerprint density at radius 1 is 1.25 bits per heavy atom. The second-order valence-corrected chi connectivity index (χ2v) is 6.50. The Kier molecular flexibility index (Phi) is 7.58. The average Bonchev–Trinajstić information content (AvgIpc) is 3.33. The van der Waals surface area contributed by atoms with Gasteiger partial charge in [0.2, 0.25) is 0 Å². The quantitative estimate of drug-likeness (QED) is 0.432. The van der Waals surface area contributed by atoms with Crippen LogP contribution >= 0.6 is 24.0 Å². The normalized spacial score (nSPS) is 23.7. The SMILES string of the molecule is CCCC1CC1NC(=NCC)N1CCN(c2ccccn2)CC1.I. The number of piperazine rings is 1. The predicted molar refractivity (Wildman–Crippen MR) is 111 cm³/mol. The summed E-state index contributed by atoms with van der Waals surface area (Å²) in [5.74, 6) is 3.05. The maximum atomic E-state index is 4.72. The first-order valence-corrected chi connectivity index (χ1v) is 9.03. The highest BCUT2D eigenvalue weighted by atomic mass is 127. The molecule has 0 bridgehead atoms. The molecule has 0 aromatic carbocycles. The molecule has 2 fully saturated rings. The number of hydrogen-bond donors (Lipinski definition) is 1. The van der Waals surface area contributed by atoms with E-state index in [-0.39, 0.29) is 24.0 Å². The van der Waals surface area contributed by atoms with Crippen LogP contribution in [0.15, 0.2) is 29.4 Å². The summed E-state index contributed by atoms with van der Waals surface area (Å²) in [7, 11) is 0. The summed E-state index contributed by atoms with van der Waals surface area (Å²) in [5.41, 5.74) is 0. The Morgan fingerprint density at radius 3 is 2.67 bits per heavy atom. The van der Waals surface area contributed by atoms with Crippen LogP contribution in [0.5, 0.6) is 0 Å². The number of nitrogens with one attached hydrogen (secondary N) is 1. The highest BCUT2D eigenvalue weighted by Gasteiger charge is 2.37. The largest absolute Gasteiger partial charge is 0.353 e. The van der Waals surface area contributed by atoms with Crippen molar-refractivity contribution in [2.45, 2.75) is 39.2 Å². The van der Waals surface area contributed by atoms with Gasteiger partial charge >= 0.3 is 0 Å². The van der Waals surface area contributed by atoms with Gasteiger partial charge in [-0.25, -0.2) is 4.98 Å². The summed E-state index contributed by atoms with van der Waals surface area (Å²) in [6.45, 7) is 9.25. The minimum Gasteiger partial charge on any atom is -0.353 e. The number of aliphatic imine (C=N–C) groups is 1. The van der Waals surface area contributed by atoms with E-state index < -0.39 is 0 Å². The van der Waals surface area contributed by atoms with Gasteiger partial charge in [-0.2, -0.15) is 0 Å². The van der Waals surface area contributed by atoms with Gasteiger partial charge in [0.25, 0.3) is 0 Å². The Balaban J connectivity index is 0.00000208. The third-order valence-corrected chi connectivity index (χ3v) is 4.76. The van der Waals surface area contributed by atoms with Crippen molar-refractivity contribution in [2.75, 3.05) is 37.6 Å². The van der Waals surface area contributed by atoms with Crippen molar-refractivity contribution >= 4 is 35.8 Å². The van der Waals surface area contributed by atoms with Gasteiger partial charge < -0.3 is 15.1 Å². The first kappa shape index (κ1) is 19.3. The average molecular weight is 443 g/mol. The minimum atomic E-state index is 0. The van der Waals surface area contributed by atoms with Gasteiger partial charge in [0.1, 0.15) is 5.82 Å². The zero-order valence-corrected chi connectivity index (χ0v) is 17.1. The molecule has 1 aliphatic heterocycles. The van der Waals surface area contributed by atoms with Crippen LogP contribution in [0.3, 0.4) is 0 Å². The molecule has 1 aliphatic carbocycles. The lowest BCUT2D eigenvalue weighted by atomic mass is 10.2. The standard InChI is InChI=1S/C18H29N5.HI/c1-3-7-15-14-16(15)21-18(19-4-2)23-12-10-22(11-13-23)17-8-5-6-9-20-17;/h5-6,8-9,15-16H,3-4,7,10-14H2,1-2H3,(H,19,21);1H. The number of halogens is 1. The van der Waals surface area contributed by atoms with Crippen molar-refractivity contribution in [3.8, 4) is 0 Å². The Labute approximate surface area is 162 Å². The van der Waals surface area contributed by atoms with Crippen molar-refractivity contribution in [3.05, 3.63) is 24.4 Å². The highest BCUT2D eigenvalue weighted by Crippen LogP contribution is 2.34. The zero-order chi connectivity index (χ0) is 16.1. The number of nitrogens with zero attached hydrogens (tertiary/aromatic N) is 4. The highest BCUT2D eigenvalue weighted by molar-refractivity contribution is 14.0. The molecular formula is C18H30IN5. The molecule has 1 aromatic heterocycles. The Hall–Kier alpha value is -1.05. The first-order chi connectivity index (χ1) is 11.3. The van der Waals surface area contributed by atoms with Crippen molar-refractivity contribution < 1.29 is 0 Å². The monoisotopic (exact) mass is 443 g/mol. The molecule has 1 saturated carbocycles. The Bertz CT molecular complexity index is 513. The van der Waals surface area contributed by atoms with Gasteiger partial charge in [0.05, 0.1) is 0 Å². The molecule has 6 heteroatoms. The lowest BCUT2D eigenvalue weighted by molar-refractivity contribution is 0.369. The summed E-state index contributed by atoms with van der Waals surface area (Å²) in [6.07, 6.45) is 5.80. The van der Waals surface area contributed by atoms with E-state index in [0.717, 1.165) is 50.4 Å². The number of aromatic nitrogens is 1. The first-order valence-electron chi connectivity index (χ1n) is 9.03. The summed E-state index contributed by atoms with van der Waals surface area (Å²) in [4.78, 5) is 13.9. The lowest BCUT2D eigenvalue weighted by Gasteiger charge is -2.37. The van der Waals surface area contributed by atoms with E-state index in [1.165, 1.54) is 19.3 Å². The number of guanidine groups is 1. The molecule has 0 radical (unpaired) electrons. The van der Waals surface area contributed by atoms with E-state index in [1.54, 1.807) is 0 Å². The van der Waals surface area contributed by atoms with Crippen LogP contribution < -0.4 is 10.2 Å². The van der Waals surface area contributed by atoms with E-state index in [2.05, 4.69) is 46.1 Å². The van der Waals surface area contributed by atoms with Gasteiger partial charge in [0, 0.05) is 45.0 Å². The fraction of sp³-hybridized carbons (Fsp3) is 0.667. The number of pyridine rings is 1. The third-order valence-electron chi connectivity index (χ3n) is 4.76. The topological polar surface area (TPSA) is 43.8 Å². The smallest absolute Gasteiger partial charge is 0.194 e. The van der Waals surface area contributed by atoms with Gasteiger partial charge in [-0.3, -0.25) is 4.99 Å². The van der Waals surface area contributed by atoms with Crippen LogP contribution in [0.2, 0.25) is 0 Å². The van der Waals surface area contributed by atoms with E-state index in [9.17, 15) is 0 Å². The number of hydrogen-bond acceptors (Lipinski definition) is 3. The van der Waals surface area contributed by atoms with E-state index in [4.69, 9.17) is 4.99 Å². The second kappa shape index (κ2) is 9.44. The molecule has 134 valence electrons. The van der Waals surface area contributed by atoms with Crippen LogP contribution in [-0.4, -0.2) is 54.6 Å². The summed E-state index contributed by atoms with van der Waals surface area (Å²) >= 11 is 0. The molecule has 3 rings (SSSR count). The van der Waals surface area contributed by atoms with Gasteiger partial charge in [0.15, 0.2) is 5.96 Å². The van der Waals surface area contributed by atoms with Crippen molar-refractivity contribution in [1.82, 2.24) is 15.2 Å². The second-order valence-electron chi connectivity index (χ2n) is 6.50. The van der Waals surface area contributed by atoms with Crippen molar-refractivity contribution in [1.29, 1.82) is 0 Å². The molecule has 2 atom stereocenters. The summed E-state index contributed by atoms with van der Waals surface area (Å²) in [6, 6.07) is 6.77. The molecule has 1 N–H and O–H groups in total. The maximum Gasteiger partial charge on any atom is 0.194 e. The van der Waals surface area contributed by atoms with Crippen LogP contribution in [0.25, 0.3) is 0 Å². The molecule has 1 aromatic rings. The van der Waals surface area contributed by atoms with Crippen LogP contribution in [-0.2, 0) is 0 Å². The molecule has 2 unspecified atom stereocenters. The maximum absolute atomic E-state index is 4.72. The van der Waals surface area contributed by atoms with Gasteiger partial charge in [-0.15, -0.1) is 24.0 Å². The summed E-state index contributed by atoms with van der Waals surface area (Å²) < 4.78 is 0. The molecule has 0 amide bonds. The molecule has 1 saturated heterocycles. The van der Waals surface area contributed by atoms with E-state index >= 15 is 0 Å². The fourth-order valence-corrected chi connectivity index (χ4v) is 3.35. The third kappa shape index (κ3) is 4.97. The molecule has 5 nitrogen and oxygen atoms in total. The van der Waals surface area contributed by atoms with Gasteiger partial charge in [-0.1, -0.05) is 19.4 Å². The summed E-state index contributed by atoms with van der Waals surface area (Å²) in [5, 5.41) is 3.69. The molecule has 2 aliphatic rings. The Morgan fingerprint density at radius 2 is 2.04 bits per heavy atom. The molecule has 24 heavy (non-hydrogen) atoms. The molecule has 2 heterocycles. The van der Waals surface area contributed by atoms with Crippen molar-refractivity contribution in [3.63, 3.8) is 0 Å². The molecular weight excluding hydrogens is 413 g/mol. The number of rotatable bonds is 5. The zero-order valence-electron chi connectivity index (χ0n) is 14.8. The molecule has 0 spiro atoms. The van der Waals surface area contributed by atoms with Crippen LogP contribution in [0.1, 0.15) is 33.1 Å². The van der Waals surface area contributed by atoms with Crippen molar-refractivity contribution in [2.24, 2.45) is 10.9 Å². The number of anilines is 1. The predicted octanol–water partition coefficient (Wildman–Crippen LogP) is 2.98. The van der Waals surface area contributed by atoms with Crippen LogP contribution in [0.4, 0.5) is 5.82 Å². The van der Waals surface area contributed by atoms with Crippen LogP contribution in [0, 0.1) is 5.92 Å².